The molecule has 0 bridgehead atoms. The number of nitrogens with zero attached hydrogens (tertiary/aromatic N) is 3. The van der Waals surface area contributed by atoms with E-state index in [4.69, 9.17) is 4.74 Å². The number of rotatable bonds is 3. The van der Waals surface area contributed by atoms with E-state index in [1.54, 1.807) is 0 Å². The Hall–Kier alpha value is -1.58. The Kier molecular flexibility index (Phi) is 1.59. The van der Waals surface area contributed by atoms with Gasteiger partial charge in [-0.15, -0.1) is 0 Å². The molecule has 0 unspecified atom stereocenters. The first-order valence-corrected chi connectivity index (χ1v) is 5.91. The minimum Gasteiger partial charge on any atom is -0.473 e. The molecule has 2 aliphatic rings. The zero-order chi connectivity index (χ0) is 10.5. The van der Waals surface area contributed by atoms with E-state index in [1.807, 2.05) is 16.8 Å². The van der Waals surface area contributed by atoms with Crippen molar-refractivity contribution in [3.05, 3.63) is 24.0 Å². The highest BCUT2D eigenvalue weighted by Crippen LogP contribution is 2.38. The number of hydrogen-bond acceptors (Lipinski definition) is 3. The fourth-order valence-corrected chi connectivity index (χ4v) is 1.89. The summed E-state index contributed by atoms with van der Waals surface area (Å²) in [6, 6.07) is 4.11. The second-order valence-corrected chi connectivity index (χ2v) is 4.73. The summed E-state index contributed by atoms with van der Waals surface area (Å²) in [6.45, 7) is 0. The van der Waals surface area contributed by atoms with Crippen LogP contribution in [-0.2, 0) is 0 Å². The SMILES string of the molecule is c1cc2nc(OC3CC3)cn2nc1C1CC1. The number of imidazole rings is 1. The van der Waals surface area contributed by atoms with E-state index in [0.29, 0.717) is 17.9 Å². The average Bonchev–Trinajstić information content (AvgIpc) is 3.15. The maximum atomic E-state index is 5.65. The lowest BCUT2D eigenvalue weighted by Gasteiger charge is -1.96. The van der Waals surface area contributed by atoms with Gasteiger partial charge in [0.05, 0.1) is 11.9 Å². The van der Waals surface area contributed by atoms with Gasteiger partial charge < -0.3 is 4.74 Å². The molecule has 0 radical (unpaired) electrons. The van der Waals surface area contributed by atoms with Crippen LogP contribution in [0.5, 0.6) is 5.88 Å². The first-order valence-electron chi connectivity index (χ1n) is 5.91. The lowest BCUT2D eigenvalue weighted by molar-refractivity contribution is 0.292. The molecular weight excluding hydrogens is 202 g/mol. The van der Waals surface area contributed by atoms with Crippen molar-refractivity contribution in [3.8, 4) is 5.88 Å². The molecule has 82 valence electrons. The molecule has 2 aliphatic carbocycles. The molecular formula is C12H13N3O. The van der Waals surface area contributed by atoms with Crippen molar-refractivity contribution in [1.82, 2.24) is 14.6 Å². The zero-order valence-electron chi connectivity index (χ0n) is 8.97. The van der Waals surface area contributed by atoms with Crippen molar-refractivity contribution >= 4 is 5.65 Å². The quantitative estimate of drug-likeness (QED) is 0.787. The highest BCUT2D eigenvalue weighted by Gasteiger charge is 2.26. The number of hydrogen-bond donors (Lipinski definition) is 0. The highest BCUT2D eigenvalue weighted by atomic mass is 16.5. The van der Waals surface area contributed by atoms with Crippen LogP contribution in [0, 0.1) is 0 Å². The molecule has 0 aliphatic heterocycles. The Morgan fingerprint density at radius 1 is 1.19 bits per heavy atom. The molecule has 0 amide bonds. The number of aromatic nitrogens is 3. The van der Waals surface area contributed by atoms with Gasteiger partial charge in [0.1, 0.15) is 6.10 Å². The van der Waals surface area contributed by atoms with Gasteiger partial charge in [0.15, 0.2) is 5.65 Å². The minimum atomic E-state index is 0.396. The fourth-order valence-electron chi connectivity index (χ4n) is 1.89. The molecule has 4 rings (SSSR count). The molecule has 4 heteroatoms. The van der Waals surface area contributed by atoms with Gasteiger partial charge in [-0.2, -0.15) is 10.1 Å². The van der Waals surface area contributed by atoms with E-state index in [0.717, 1.165) is 18.5 Å². The molecule has 16 heavy (non-hydrogen) atoms. The Bertz CT molecular complexity index is 540. The molecule has 2 fully saturated rings. The summed E-state index contributed by atoms with van der Waals surface area (Å²) < 4.78 is 7.49. The smallest absolute Gasteiger partial charge is 0.234 e. The zero-order valence-corrected chi connectivity index (χ0v) is 8.97. The van der Waals surface area contributed by atoms with Crippen LogP contribution in [0.4, 0.5) is 0 Å². The molecule has 2 saturated carbocycles. The summed E-state index contributed by atoms with van der Waals surface area (Å²) in [4.78, 5) is 4.39. The lowest BCUT2D eigenvalue weighted by atomic mass is 10.3. The third-order valence-corrected chi connectivity index (χ3v) is 3.13. The summed E-state index contributed by atoms with van der Waals surface area (Å²) in [5.41, 5.74) is 2.06. The predicted molar refractivity (Wildman–Crippen MR) is 58.6 cm³/mol. The number of fused-ring (bicyclic) bond motifs is 1. The van der Waals surface area contributed by atoms with Gasteiger partial charge in [0.25, 0.3) is 0 Å². The van der Waals surface area contributed by atoms with Crippen molar-refractivity contribution < 1.29 is 4.74 Å². The molecule has 0 atom stereocenters. The van der Waals surface area contributed by atoms with Crippen molar-refractivity contribution in [2.24, 2.45) is 0 Å². The molecule has 0 saturated heterocycles. The topological polar surface area (TPSA) is 39.4 Å². The van der Waals surface area contributed by atoms with Gasteiger partial charge in [-0.25, -0.2) is 4.52 Å². The number of ether oxygens (including phenoxy) is 1. The van der Waals surface area contributed by atoms with Gasteiger partial charge in [0, 0.05) is 5.92 Å². The Balaban J connectivity index is 1.72. The monoisotopic (exact) mass is 215 g/mol. The van der Waals surface area contributed by atoms with Crippen LogP contribution < -0.4 is 4.74 Å². The summed E-state index contributed by atoms with van der Waals surface area (Å²) in [5.74, 6) is 1.39. The van der Waals surface area contributed by atoms with Crippen LogP contribution in [0.1, 0.15) is 37.3 Å². The van der Waals surface area contributed by atoms with Gasteiger partial charge in [-0.3, -0.25) is 0 Å². The van der Waals surface area contributed by atoms with Crippen molar-refractivity contribution in [2.75, 3.05) is 0 Å². The predicted octanol–water partition coefficient (Wildman–Crippen LogP) is 2.15. The minimum absolute atomic E-state index is 0.396. The van der Waals surface area contributed by atoms with Gasteiger partial charge >= 0.3 is 0 Å². The molecule has 0 aromatic carbocycles. The first-order chi connectivity index (χ1) is 7.88. The van der Waals surface area contributed by atoms with Crippen LogP contribution >= 0.6 is 0 Å². The molecule has 2 heterocycles. The van der Waals surface area contributed by atoms with E-state index < -0.39 is 0 Å². The van der Waals surface area contributed by atoms with E-state index in [9.17, 15) is 0 Å². The molecule has 0 N–H and O–H groups in total. The summed E-state index contributed by atoms with van der Waals surface area (Å²) in [7, 11) is 0. The Morgan fingerprint density at radius 3 is 2.81 bits per heavy atom. The maximum Gasteiger partial charge on any atom is 0.234 e. The van der Waals surface area contributed by atoms with Gasteiger partial charge in [0.2, 0.25) is 5.88 Å². The third-order valence-electron chi connectivity index (χ3n) is 3.13. The summed E-state index contributed by atoms with van der Waals surface area (Å²) in [6.07, 6.45) is 7.16. The van der Waals surface area contributed by atoms with E-state index in [1.165, 1.54) is 18.5 Å². The van der Waals surface area contributed by atoms with Gasteiger partial charge in [-0.05, 0) is 37.8 Å². The molecule has 4 nitrogen and oxygen atoms in total. The van der Waals surface area contributed by atoms with Crippen LogP contribution in [0.2, 0.25) is 0 Å². The first kappa shape index (κ1) is 8.56. The second kappa shape index (κ2) is 2.97. The Morgan fingerprint density at radius 2 is 2.06 bits per heavy atom. The van der Waals surface area contributed by atoms with Crippen LogP contribution in [0.15, 0.2) is 18.3 Å². The highest BCUT2D eigenvalue weighted by molar-refractivity contribution is 5.41. The lowest BCUT2D eigenvalue weighted by Crippen LogP contribution is -1.95. The van der Waals surface area contributed by atoms with Gasteiger partial charge in [-0.1, -0.05) is 0 Å². The van der Waals surface area contributed by atoms with E-state index in [2.05, 4.69) is 16.1 Å². The van der Waals surface area contributed by atoms with Crippen molar-refractivity contribution in [2.45, 2.75) is 37.7 Å². The summed E-state index contributed by atoms with van der Waals surface area (Å²) >= 11 is 0. The normalized spacial score (nSPS) is 20.2. The maximum absolute atomic E-state index is 5.65. The average molecular weight is 215 g/mol. The largest absolute Gasteiger partial charge is 0.473 e. The second-order valence-electron chi connectivity index (χ2n) is 4.73. The third kappa shape index (κ3) is 1.45. The van der Waals surface area contributed by atoms with E-state index >= 15 is 0 Å². The Labute approximate surface area is 93.2 Å². The van der Waals surface area contributed by atoms with Crippen molar-refractivity contribution in [3.63, 3.8) is 0 Å². The van der Waals surface area contributed by atoms with Crippen LogP contribution in [0.25, 0.3) is 5.65 Å². The molecule has 0 spiro atoms. The molecule has 2 aromatic heterocycles. The van der Waals surface area contributed by atoms with E-state index in [-0.39, 0.29) is 0 Å². The van der Waals surface area contributed by atoms with Crippen molar-refractivity contribution in [1.29, 1.82) is 0 Å². The standard InChI is InChI=1S/C12H13N3O/c1-2-8(1)10-5-6-11-13-12(7-15(11)14-10)16-9-3-4-9/h5-9H,1-4H2. The fraction of sp³-hybridized carbons (Fsp3) is 0.500. The van der Waals surface area contributed by atoms with Crippen LogP contribution in [-0.4, -0.2) is 20.7 Å². The summed E-state index contributed by atoms with van der Waals surface area (Å²) in [5, 5.41) is 4.56. The molecule has 2 aromatic rings. The van der Waals surface area contributed by atoms with Crippen LogP contribution in [0.3, 0.4) is 0 Å².